The zero-order chi connectivity index (χ0) is 17.6. The second-order valence-electron chi connectivity index (χ2n) is 6.42. The molecule has 2 aromatic rings. The van der Waals surface area contributed by atoms with E-state index in [0.717, 1.165) is 38.4 Å². The van der Waals surface area contributed by atoms with E-state index in [1.54, 1.807) is 11.3 Å². The van der Waals surface area contributed by atoms with Crippen molar-refractivity contribution in [3.63, 3.8) is 0 Å². The molecule has 5 nitrogen and oxygen atoms in total. The van der Waals surface area contributed by atoms with E-state index in [1.165, 1.54) is 21.1 Å². The molecule has 0 fully saturated rings. The van der Waals surface area contributed by atoms with Gasteiger partial charge >= 0.3 is 0 Å². The summed E-state index contributed by atoms with van der Waals surface area (Å²) in [6.07, 6.45) is 3.99. The van der Waals surface area contributed by atoms with Crippen LogP contribution in [0.4, 0.5) is 5.69 Å². The van der Waals surface area contributed by atoms with Crippen molar-refractivity contribution in [2.75, 3.05) is 31.6 Å². The van der Waals surface area contributed by atoms with E-state index in [9.17, 15) is 0 Å². The number of anilines is 1. The van der Waals surface area contributed by atoms with Crippen LogP contribution in [0, 0.1) is 6.92 Å². The van der Waals surface area contributed by atoms with Gasteiger partial charge in [0.15, 0.2) is 5.96 Å². The van der Waals surface area contributed by atoms with E-state index >= 15 is 0 Å². The molecule has 0 amide bonds. The van der Waals surface area contributed by atoms with Crippen LogP contribution in [0.15, 0.2) is 35.5 Å². The molecule has 1 aromatic heterocycles. The third kappa shape index (κ3) is 5.33. The summed E-state index contributed by atoms with van der Waals surface area (Å²) in [6.45, 7) is 7.07. The van der Waals surface area contributed by atoms with Crippen LogP contribution in [0.2, 0.25) is 0 Å². The smallest absolute Gasteiger partial charge is 0.191 e. The molecule has 2 heterocycles. The number of thiazole rings is 1. The van der Waals surface area contributed by atoms with Gasteiger partial charge in [0, 0.05) is 55.9 Å². The van der Waals surface area contributed by atoms with Gasteiger partial charge in [-0.15, -0.1) is 35.3 Å². The largest absolute Gasteiger partial charge is 0.367 e. The molecular weight excluding hydrogens is 457 g/mol. The Morgan fingerprint density at radius 1 is 1.31 bits per heavy atom. The van der Waals surface area contributed by atoms with Gasteiger partial charge in [0.1, 0.15) is 0 Å². The standard InChI is InChI=1S/C19H27N5S.HI/c1-14-12-16-6-4-5-7-17(16)24(14)11-10-22-19(20-3)21-9-8-18-23-13-15(2)25-18;/h4-7,13-14H,8-12H2,1-3H3,(H2,20,21,22);1H. The molecule has 1 aliphatic rings. The first-order valence-corrected chi connectivity index (χ1v) is 9.69. The lowest BCUT2D eigenvalue weighted by Gasteiger charge is -2.25. The Kier molecular flexibility index (Phi) is 8.15. The predicted molar refractivity (Wildman–Crippen MR) is 122 cm³/mol. The molecule has 0 aliphatic carbocycles. The lowest BCUT2D eigenvalue weighted by atomic mass is 10.1. The Labute approximate surface area is 177 Å². The number of nitrogens with zero attached hydrogens (tertiary/aromatic N) is 3. The molecule has 0 radical (unpaired) electrons. The van der Waals surface area contributed by atoms with Crippen LogP contribution in [0.1, 0.15) is 22.4 Å². The Morgan fingerprint density at radius 2 is 2.08 bits per heavy atom. The number of guanidine groups is 1. The molecule has 0 spiro atoms. The summed E-state index contributed by atoms with van der Waals surface area (Å²) in [4.78, 5) is 12.4. The van der Waals surface area contributed by atoms with Gasteiger partial charge in [-0.2, -0.15) is 0 Å². The Balaban J connectivity index is 0.00000243. The first-order valence-electron chi connectivity index (χ1n) is 8.87. The molecule has 1 atom stereocenters. The minimum Gasteiger partial charge on any atom is -0.367 e. The number of nitrogens with one attached hydrogen (secondary N) is 2. The summed E-state index contributed by atoms with van der Waals surface area (Å²) in [7, 11) is 1.82. The molecule has 1 unspecified atom stereocenters. The number of hydrogen-bond acceptors (Lipinski definition) is 4. The summed E-state index contributed by atoms with van der Waals surface area (Å²) in [6, 6.07) is 9.27. The van der Waals surface area contributed by atoms with Gasteiger partial charge in [-0.05, 0) is 31.9 Å². The molecule has 3 rings (SSSR count). The van der Waals surface area contributed by atoms with E-state index in [2.05, 4.69) is 63.6 Å². The molecule has 0 saturated heterocycles. The first-order chi connectivity index (χ1) is 12.2. The van der Waals surface area contributed by atoms with Gasteiger partial charge in [-0.3, -0.25) is 4.99 Å². The minimum absolute atomic E-state index is 0. The van der Waals surface area contributed by atoms with Crippen molar-refractivity contribution < 1.29 is 0 Å². The van der Waals surface area contributed by atoms with E-state index in [0.29, 0.717) is 6.04 Å². The first kappa shape index (κ1) is 21.0. The number of aromatic nitrogens is 1. The van der Waals surface area contributed by atoms with Crippen molar-refractivity contribution in [1.82, 2.24) is 15.6 Å². The molecule has 26 heavy (non-hydrogen) atoms. The maximum Gasteiger partial charge on any atom is 0.191 e. The lowest BCUT2D eigenvalue weighted by Crippen LogP contribution is -2.43. The van der Waals surface area contributed by atoms with Crippen LogP contribution < -0.4 is 15.5 Å². The van der Waals surface area contributed by atoms with Crippen molar-refractivity contribution in [3.8, 4) is 0 Å². The average molecular weight is 485 g/mol. The number of hydrogen-bond donors (Lipinski definition) is 2. The maximum atomic E-state index is 4.39. The number of fused-ring (bicyclic) bond motifs is 1. The van der Waals surface area contributed by atoms with Crippen LogP contribution in [0.3, 0.4) is 0 Å². The zero-order valence-corrected chi connectivity index (χ0v) is 18.8. The normalized spacial score (nSPS) is 16.2. The zero-order valence-electron chi connectivity index (χ0n) is 15.7. The van der Waals surface area contributed by atoms with Crippen LogP contribution in [-0.2, 0) is 12.8 Å². The number of aryl methyl sites for hydroxylation is 1. The van der Waals surface area contributed by atoms with E-state index in [-0.39, 0.29) is 24.0 Å². The maximum absolute atomic E-state index is 4.39. The summed E-state index contributed by atoms with van der Waals surface area (Å²) in [5.41, 5.74) is 2.83. The lowest BCUT2D eigenvalue weighted by molar-refractivity contribution is 0.656. The summed E-state index contributed by atoms with van der Waals surface area (Å²) < 4.78 is 0. The van der Waals surface area contributed by atoms with Crippen molar-refractivity contribution in [2.24, 2.45) is 4.99 Å². The van der Waals surface area contributed by atoms with Crippen molar-refractivity contribution in [3.05, 3.63) is 45.9 Å². The molecule has 7 heteroatoms. The number of para-hydroxylation sites is 1. The van der Waals surface area contributed by atoms with Crippen molar-refractivity contribution in [2.45, 2.75) is 32.7 Å². The molecule has 142 valence electrons. The van der Waals surface area contributed by atoms with Gasteiger partial charge in [0.25, 0.3) is 0 Å². The third-order valence-electron chi connectivity index (χ3n) is 4.52. The van der Waals surface area contributed by atoms with Crippen molar-refractivity contribution in [1.29, 1.82) is 0 Å². The molecule has 2 N–H and O–H groups in total. The fraction of sp³-hybridized carbons (Fsp3) is 0.474. The van der Waals surface area contributed by atoms with Gasteiger partial charge in [-0.1, -0.05) is 18.2 Å². The van der Waals surface area contributed by atoms with Crippen LogP contribution >= 0.6 is 35.3 Å². The monoisotopic (exact) mass is 485 g/mol. The summed E-state index contributed by atoms with van der Waals surface area (Å²) in [5, 5.41) is 7.96. The van der Waals surface area contributed by atoms with Gasteiger partial charge < -0.3 is 15.5 Å². The number of aliphatic imine (C=N–C) groups is 1. The topological polar surface area (TPSA) is 52.6 Å². The fourth-order valence-electron chi connectivity index (χ4n) is 3.29. The van der Waals surface area contributed by atoms with E-state index in [4.69, 9.17) is 0 Å². The van der Waals surface area contributed by atoms with Gasteiger partial charge in [-0.25, -0.2) is 4.98 Å². The highest BCUT2D eigenvalue weighted by atomic mass is 127. The highest BCUT2D eigenvalue weighted by molar-refractivity contribution is 14.0. The van der Waals surface area contributed by atoms with Crippen LogP contribution in [-0.4, -0.2) is 43.7 Å². The van der Waals surface area contributed by atoms with Crippen LogP contribution in [0.25, 0.3) is 0 Å². The molecule has 0 saturated carbocycles. The molecular formula is C19H28IN5S. The SMILES string of the molecule is CN=C(NCCc1ncc(C)s1)NCCN1c2ccccc2CC1C.I. The fourth-order valence-corrected chi connectivity index (χ4v) is 4.08. The molecule has 1 aromatic carbocycles. The highest BCUT2D eigenvalue weighted by Crippen LogP contribution is 2.31. The summed E-state index contributed by atoms with van der Waals surface area (Å²) in [5.74, 6) is 0.855. The van der Waals surface area contributed by atoms with E-state index in [1.807, 2.05) is 13.2 Å². The second kappa shape index (κ2) is 10.1. The Morgan fingerprint density at radius 3 is 2.81 bits per heavy atom. The molecule has 0 bridgehead atoms. The quantitative estimate of drug-likeness (QED) is 0.375. The molecule has 1 aliphatic heterocycles. The van der Waals surface area contributed by atoms with Gasteiger partial charge in [0.2, 0.25) is 0 Å². The third-order valence-corrected chi connectivity index (χ3v) is 5.49. The van der Waals surface area contributed by atoms with Crippen LogP contribution in [0.5, 0.6) is 0 Å². The van der Waals surface area contributed by atoms with E-state index < -0.39 is 0 Å². The average Bonchev–Trinajstić information content (AvgIpc) is 3.16. The Bertz CT molecular complexity index is 730. The minimum atomic E-state index is 0. The van der Waals surface area contributed by atoms with Crippen molar-refractivity contribution >= 4 is 47.0 Å². The predicted octanol–water partition coefficient (Wildman–Crippen LogP) is 3.23. The number of halogens is 1. The highest BCUT2D eigenvalue weighted by Gasteiger charge is 2.24. The number of rotatable bonds is 6. The second-order valence-corrected chi connectivity index (χ2v) is 7.73. The summed E-state index contributed by atoms with van der Waals surface area (Å²) >= 11 is 1.76. The Hall–Kier alpha value is -1.35. The van der Waals surface area contributed by atoms with Gasteiger partial charge in [0.05, 0.1) is 5.01 Å². The number of benzene rings is 1.